The molecule has 0 spiro atoms. The van der Waals surface area contributed by atoms with E-state index in [-0.39, 0.29) is 0 Å². The molecule has 0 aromatic heterocycles. The molecule has 1 aromatic carbocycles. The van der Waals surface area contributed by atoms with Crippen LogP contribution in [0, 0.1) is 5.92 Å². The Morgan fingerprint density at radius 2 is 1.82 bits per heavy atom. The molecule has 0 amide bonds. The monoisotopic (exact) mass is 304 g/mol. The van der Waals surface area contributed by atoms with Crippen molar-refractivity contribution in [3.8, 4) is 0 Å². The number of rotatable bonds is 9. The van der Waals surface area contributed by atoms with Crippen molar-refractivity contribution < 1.29 is 0 Å². The van der Waals surface area contributed by atoms with Crippen molar-refractivity contribution in [3.63, 3.8) is 0 Å². The standard InChI is InChI=1S/C18H32N4/c1-5-16(6-2)17(22(3)4)14-21-18(19)20-13-12-15-10-8-7-9-11-15/h7-11,16-17H,5-6,12-14H2,1-4H3,(H3,19,20,21). The van der Waals surface area contributed by atoms with Crippen LogP contribution in [0.1, 0.15) is 32.3 Å². The number of hydrogen-bond donors (Lipinski definition) is 2. The highest BCUT2D eigenvalue weighted by atomic mass is 15.1. The molecule has 0 saturated carbocycles. The van der Waals surface area contributed by atoms with Crippen LogP contribution in [0.3, 0.4) is 0 Å². The van der Waals surface area contributed by atoms with Gasteiger partial charge in [-0.15, -0.1) is 0 Å². The van der Waals surface area contributed by atoms with Crippen LogP contribution in [0.5, 0.6) is 0 Å². The van der Waals surface area contributed by atoms with Crippen LogP contribution < -0.4 is 11.1 Å². The van der Waals surface area contributed by atoms with Crippen LogP contribution >= 0.6 is 0 Å². The van der Waals surface area contributed by atoms with Crippen LogP contribution in [0.2, 0.25) is 0 Å². The van der Waals surface area contributed by atoms with Gasteiger partial charge in [0, 0.05) is 12.6 Å². The summed E-state index contributed by atoms with van der Waals surface area (Å²) in [6.45, 7) is 6.06. The molecule has 1 atom stereocenters. The van der Waals surface area contributed by atoms with E-state index in [4.69, 9.17) is 5.73 Å². The molecule has 124 valence electrons. The van der Waals surface area contributed by atoms with Gasteiger partial charge in [-0.3, -0.25) is 4.99 Å². The Morgan fingerprint density at radius 1 is 1.18 bits per heavy atom. The number of hydrogen-bond acceptors (Lipinski definition) is 2. The summed E-state index contributed by atoms with van der Waals surface area (Å²) in [6, 6.07) is 10.9. The molecule has 3 N–H and O–H groups in total. The molecule has 0 bridgehead atoms. The molecule has 22 heavy (non-hydrogen) atoms. The van der Waals surface area contributed by atoms with E-state index >= 15 is 0 Å². The molecule has 0 saturated heterocycles. The van der Waals surface area contributed by atoms with E-state index in [0.717, 1.165) is 19.5 Å². The lowest BCUT2D eigenvalue weighted by atomic mass is 9.93. The van der Waals surface area contributed by atoms with Gasteiger partial charge in [-0.05, 0) is 32.0 Å². The van der Waals surface area contributed by atoms with Gasteiger partial charge in [-0.1, -0.05) is 57.0 Å². The fraction of sp³-hybridized carbons (Fsp3) is 0.611. The number of guanidine groups is 1. The maximum absolute atomic E-state index is 5.99. The average Bonchev–Trinajstić information content (AvgIpc) is 2.52. The minimum atomic E-state index is 0.449. The molecule has 1 rings (SSSR count). The Labute approximate surface area is 135 Å². The maximum Gasteiger partial charge on any atom is 0.188 e. The predicted molar refractivity (Wildman–Crippen MR) is 96.2 cm³/mol. The Hall–Kier alpha value is -1.55. The zero-order chi connectivity index (χ0) is 16.4. The van der Waals surface area contributed by atoms with Crippen LogP contribution in [-0.4, -0.2) is 44.1 Å². The molecular formula is C18H32N4. The van der Waals surface area contributed by atoms with Crippen molar-refractivity contribution in [2.24, 2.45) is 16.6 Å². The zero-order valence-electron chi connectivity index (χ0n) is 14.5. The summed E-state index contributed by atoms with van der Waals surface area (Å²) in [5.74, 6) is 1.21. The molecule has 0 aliphatic heterocycles. The SMILES string of the molecule is CCC(CC)C(CN=C(N)NCCc1ccccc1)N(C)C. The molecule has 1 unspecified atom stereocenters. The fourth-order valence-electron chi connectivity index (χ4n) is 2.79. The number of aliphatic imine (C=N–C) groups is 1. The Morgan fingerprint density at radius 3 is 2.36 bits per heavy atom. The van der Waals surface area contributed by atoms with E-state index in [1.165, 1.54) is 18.4 Å². The minimum absolute atomic E-state index is 0.449. The van der Waals surface area contributed by atoms with E-state index in [1.54, 1.807) is 0 Å². The van der Waals surface area contributed by atoms with Gasteiger partial charge in [0.05, 0.1) is 6.54 Å². The number of nitrogens with two attached hydrogens (primary N) is 1. The van der Waals surface area contributed by atoms with Gasteiger partial charge in [0.25, 0.3) is 0 Å². The molecule has 0 heterocycles. The first kappa shape index (κ1) is 18.5. The molecule has 0 radical (unpaired) electrons. The second kappa shape index (κ2) is 10.2. The zero-order valence-corrected chi connectivity index (χ0v) is 14.5. The highest BCUT2D eigenvalue weighted by Crippen LogP contribution is 2.17. The molecular weight excluding hydrogens is 272 g/mol. The second-order valence-electron chi connectivity index (χ2n) is 6.00. The molecule has 0 fully saturated rings. The quantitative estimate of drug-likeness (QED) is 0.544. The highest BCUT2D eigenvalue weighted by molar-refractivity contribution is 5.77. The average molecular weight is 304 g/mol. The van der Waals surface area contributed by atoms with Crippen LogP contribution in [0.15, 0.2) is 35.3 Å². The third-order valence-corrected chi connectivity index (χ3v) is 4.27. The number of nitrogens with zero attached hydrogens (tertiary/aromatic N) is 2. The predicted octanol–water partition coefficient (Wildman–Crippen LogP) is 2.50. The summed E-state index contributed by atoms with van der Waals surface area (Å²) in [6.07, 6.45) is 3.31. The van der Waals surface area contributed by atoms with E-state index in [9.17, 15) is 0 Å². The molecule has 4 heteroatoms. The van der Waals surface area contributed by atoms with Crippen LogP contribution in [0.25, 0.3) is 0 Å². The van der Waals surface area contributed by atoms with Crippen LogP contribution in [-0.2, 0) is 6.42 Å². The molecule has 0 aliphatic carbocycles. The van der Waals surface area contributed by atoms with Gasteiger partial charge in [0.15, 0.2) is 5.96 Å². The van der Waals surface area contributed by atoms with Gasteiger partial charge in [-0.2, -0.15) is 0 Å². The van der Waals surface area contributed by atoms with Gasteiger partial charge in [0.2, 0.25) is 0 Å². The van der Waals surface area contributed by atoms with Gasteiger partial charge < -0.3 is 16.0 Å². The van der Waals surface area contributed by atoms with Crippen molar-refractivity contribution in [1.82, 2.24) is 10.2 Å². The summed E-state index contributed by atoms with van der Waals surface area (Å²) in [5, 5.41) is 3.21. The lowest BCUT2D eigenvalue weighted by Gasteiger charge is -2.30. The number of benzene rings is 1. The van der Waals surface area contributed by atoms with E-state index in [1.807, 2.05) is 6.07 Å². The summed E-state index contributed by atoms with van der Waals surface area (Å²) in [7, 11) is 4.25. The topological polar surface area (TPSA) is 53.6 Å². The summed E-state index contributed by atoms with van der Waals surface area (Å²) >= 11 is 0. The van der Waals surface area contributed by atoms with E-state index in [2.05, 4.69) is 67.4 Å². The molecule has 4 nitrogen and oxygen atoms in total. The van der Waals surface area contributed by atoms with Crippen molar-refractivity contribution >= 4 is 5.96 Å². The second-order valence-corrected chi connectivity index (χ2v) is 6.00. The van der Waals surface area contributed by atoms with Gasteiger partial charge in [-0.25, -0.2) is 0 Å². The molecule has 0 aliphatic rings. The van der Waals surface area contributed by atoms with Crippen molar-refractivity contribution in [2.45, 2.75) is 39.2 Å². The summed E-state index contributed by atoms with van der Waals surface area (Å²) in [4.78, 5) is 6.80. The van der Waals surface area contributed by atoms with Crippen molar-refractivity contribution in [2.75, 3.05) is 27.2 Å². The Kier molecular flexibility index (Phi) is 8.60. The van der Waals surface area contributed by atoms with Crippen molar-refractivity contribution in [1.29, 1.82) is 0 Å². The van der Waals surface area contributed by atoms with Gasteiger partial charge in [0.1, 0.15) is 0 Å². The third-order valence-electron chi connectivity index (χ3n) is 4.27. The smallest absolute Gasteiger partial charge is 0.188 e. The Bertz CT molecular complexity index is 424. The first-order valence-electron chi connectivity index (χ1n) is 8.32. The molecule has 1 aromatic rings. The third kappa shape index (κ3) is 6.48. The van der Waals surface area contributed by atoms with Crippen LogP contribution in [0.4, 0.5) is 0 Å². The Balaban J connectivity index is 2.42. The fourth-order valence-corrected chi connectivity index (χ4v) is 2.79. The van der Waals surface area contributed by atoms with Crippen molar-refractivity contribution in [3.05, 3.63) is 35.9 Å². The largest absolute Gasteiger partial charge is 0.370 e. The first-order chi connectivity index (χ1) is 10.6. The van der Waals surface area contributed by atoms with E-state index < -0.39 is 0 Å². The first-order valence-corrected chi connectivity index (χ1v) is 8.32. The van der Waals surface area contributed by atoms with E-state index in [0.29, 0.717) is 17.9 Å². The summed E-state index contributed by atoms with van der Waals surface area (Å²) < 4.78 is 0. The number of likely N-dealkylation sites (N-methyl/N-ethyl adjacent to an activating group) is 1. The number of nitrogens with one attached hydrogen (secondary N) is 1. The maximum atomic E-state index is 5.99. The highest BCUT2D eigenvalue weighted by Gasteiger charge is 2.20. The lowest BCUT2D eigenvalue weighted by Crippen LogP contribution is -2.40. The normalized spacial score (nSPS) is 13.6. The van der Waals surface area contributed by atoms with Gasteiger partial charge >= 0.3 is 0 Å². The minimum Gasteiger partial charge on any atom is -0.370 e. The summed E-state index contributed by atoms with van der Waals surface area (Å²) in [5.41, 5.74) is 7.30. The lowest BCUT2D eigenvalue weighted by molar-refractivity contribution is 0.206.